The predicted molar refractivity (Wildman–Crippen MR) is 98.5 cm³/mol. The van der Waals surface area contributed by atoms with Crippen LogP contribution >= 0.6 is 0 Å². The normalized spacial score (nSPS) is 12.7. The number of fused-ring (bicyclic) bond motifs is 2. The van der Waals surface area contributed by atoms with E-state index in [1.165, 1.54) is 0 Å². The molecule has 0 amide bonds. The van der Waals surface area contributed by atoms with Crippen LogP contribution in [0.2, 0.25) is 0 Å². The van der Waals surface area contributed by atoms with Gasteiger partial charge >= 0.3 is 0 Å². The summed E-state index contributed by atoms with van der Waals surface area (Å²) in [5, 5.41) is 16.5. The molecule has 0 fully saturated rings. The Kier molecular flexibility index (Phi) is 3.24. The molecule has 0 aliphatic rings. The fourth-order valence-corrected chi connectivity index (χ4v) is 3.13. The van der Waals surface area contributed by atoms with E-state index in [9.17, 15) is 0 Å². The molecule has 0 saturated heterocycles. The second kappa shape index (κ2) is 5.73. The van der Waals surface area contributed by atoms with E-state index in [4.69, 9.17) is 4.98 Å². The number of hydrogen-bond acceptors (Lipinski definition) is 5. The molecular weight excluding hydrogens is 326 g/mol. The van der Waals surface area contributed by atoms with E-state index in [0.29, 0.717) is 0 Å². The van der Waals surface area contributed by atoms with Crippen molar-refractivity contribution in [1.29, 1.82) is 0 Å². The number of hydrogen-bond donors (Lipinski definition) is 1. The smallest absolute Gasteiger partial charge is 0.179 e. The average molecular weight is 341 g/mol. The molecule has 4 aromatic heterocycles. The fraction of sp³-hybridized carbons (Fsp3) is 0.105. The Morgan fingerprint density at radius 3 is 2.88 bits per heavy atom. The van der Waals surface area contributed by atoms with Crippen LogP contribution in [0.3, 0.4) is 0 Å². The van der Waals surface area contributed by atoms with Gasteiger partial charge in [0.2, 0.25) is 0 Å². The van der Waals surface area contributed by atoms with Crippen molar-refractivity contribution in [2.45, 2.75) is 13.0 Å². The van der Waals surface area contributed by atoms with E-state index >= 15 is 0 Å². The molecule has 4 heterocycles. The maximum atomic E-state index is 4.75. The molecule has 5 rings (SSSR count). The lowest BCUT2D eigenvalue weighted by Crippen LogP contribution is -2.09. The molecule has 0 saturated carbocycles. The van der Waals surface area contributed by atoms with E-state index < -0.39 is 0 Å². The fourth-order valence-electron chi connectivity index (χ4n) is 3.13. The number of H-pyrrole nitrogens is 1. The Balaban J connectivity index is 1.61. The molecule has 5 aromatic rings. The van der Waals surface area contributed by atoms with Crippen LogP contribution in [0.5, 0.6) is 0 Å². The Morgan fingerprint density at radius 1 is 1.08 bits per heavy atom. The maximum Gasteiger partial charge on any atom is 0.179 e. The predicted octanol–water partition coefficient (Wildman–Crippen LogP) is 3.37. The molecule has 1 aromatic carbocycles. The summed E-state index contributed by atoms with van der Waals surface area (Å²) in [6, 6.07) is 14.1. The second-order valence-corrected chi connectivity index (χ2v) is 6.19. The Morgan fingerprint density at radius 2 is 2.00 bits per heavy atom. The van der Waals surface area contributed by atoms with Crippen molar-refractivity contribution in [2.24, 2.45) is 0 Å². The van der Waals surface area contributed by atoms with Crippen molar-refractivity contribution in [2.75, 3.05) is 0 Å². The number of aromatic amines is 1. The van der Waals surface area contributed by atoms with Gasteiger partial charge in [-0.1, -0.05) is 17.3 Å². The average Bonchev–Trinajstić information content (AvgIpc) is 3.36. The summed E-state index contributed by atoms with van der Waals surface area (Å²) in [6.45, 7) is 2.10. The molecule has 26 heavy (non-hydrogen) atoms. The molecule has 0 radical (unpaired) electrons. The van der Waals surface area contributed by atoms with E-state index in [1.54, 1.807) is 12.4 Å². The van der Waals surface area contributed by atoms with Crippen molar-refractivity contribution in [3.8, 4) is 11.3 Å². The third-order valence-electron chi connectivity index (χ3n) is 4.59. The summed E-state index contributed by atoms with van der Waals surface area (Å²) in [5.74, 6) is 0. The van der Waals surface area contributed by atoms with Crippen molar-refractivity contribution < 1.29 is 0 Å². The molecule has 0 aliphatic carbocycles. The van der Waals surface area contributed by atoms with Crippen LogP contribution in [0.25, 0.3) is 33.3 Å². The highest BCUT2D eigenvalue weighted by atomic mass is 15.4. The van der Waals surface area contributed by atoms with Crippen LogP contribution in [0, 0.1) is 0 Å². The van der Waals surface area contributed by atoms with Gasteiger partial charge < -0.3 is 0 Å². The SMILES string of the molecule is CC(c1ccc2ncccc2c1)n1nnc2ccc(-c3cn[nH]c3)nc21. The van der Waals surface area contributed by atoms with E-state index in [-0.39, 0.29) is 6.04 Å². The number of pyridine rings is 2. The largest absolute Gasteiger partial charge is 0.285 e. The van der Waals surface area contributed by atoms with Crippen molar-refractivity contribution in [1.82, 2.24) is 35.2 Å². The third-order valence-corrected chi connectivity index (χ3v) is 4.59. The van der Waals surface area contributed by atoms with Crippen molar-refractivity contribution in [3.05, 3.63) is 66.6 Å². The van der Waals surface area contributed by atoms with Crippen molar-refractivity contribution in [3.63, 3.8) is 0 Å². The summed E-state index contributed by atoms with van der Waals surface area (Å²) in [7, 11) is 0. The Labute approximate surface area is 148 Å². The zero-order chi connectivity index (χ0) is 17.5. The first-order valence-corrected chi connectivity index (χ1v) is 8.35. The first kappa shape index (κ1) is 14.7. The highest BCUT2D eigenvalue weighted by molar-refractivity contribution is 5.79. The molecule has 1 atom stereocenters. The van der Waals surface area contributed by atoms with Crippen LogP contribution in [-0.4, -0.2) is 35.2 Å². The standard InChI is InChI=1S/C19H15N7/c1-12(13-4-5-16-14(9-13)3-2-8-20-16)26-19-18(24-25-26)7-6-17(23-19)15-10-21-22-11-15/h2-12H,1H3,(H,21,22). The zero-order valence-electron chi connectivity index (χ0n) is 14.0. The minimum absolute atomic E-state index is 0.00305. The topological polar surface area (TPSA) is 85.2 Å². The van der Waals surface area contributed by atoms with Crippen LogP contribution < -0.4 is 0 Å². The minimum atomic E-state index is -0.00305. The Hall–Kier alpha value is -3.61. The molecular formula is C19H15N7. The van der Waals surface area contributed by atoms with Gasteiger partial charge in [0.25, 0.3) is 0 Å². The van der Waals surface area contributed by atoms with Gasteiger partial charge in [0.15, 0.2) is 5.65 Å². The summed E-state index contributed by atoms with van der Waals surface area (Å²) in [5.41, 5.74) is 5.41. The molecule has 126 valence electrons. The quantitative estimate of drug-likeness (QED) is 0.544. The minimum Gasteiger partial charge on any atom is -0.285 e. The first-order valence-electron chi connectivity index (χ1n) is 8.35. The number of benzene rings is 1. The molecule has 0 aliphatic heterocycles. The molecule has 7 nitrogen and oxygen atoms in total. The van der Waals surface area contributed by atoms with Gasteiger partial charge in [-0.3, -0.25) is 10.1 Å². The Bertz CT molecular complexity index is 1210. The molecule has 1 N–H and O–H groups in total. The number of rotatable bonds is 3. The first-order chi connectivity index (χ1) is 12.8. The van der Waals surface area contributed by atoms with Crippen LogP contribution in [0.1, 0.15) is 18.5 Å². The summed E-state index contributed by atoms with van der Waals surface area (Å²) >= 11 is 0. The molecule has 1 unspecified atom stereocenters. The van der Waals surface area contributed by atoms with Crippen LogP contribution in [0.4, 0.5) is 0 Å². The lowest BCUT2D eigenvalue weighted by molar-refractivity contribution is 0.556. The second-order valence-electron chi connectivity index (χ2n) is 6.19. The number of nitrogens with zero attached hydrogens (tertiary/aromatic N) is 6. The summed E-state index contributed by atoms with van der Waals surface area (Å²) in [4.78, 5) is 9.13. The van der Waals surface area contributed by atoms with Gasteiger partial charge in [-0.05, 0) is 42.8 Å². The molecule has 0 spiro atoms. The van der Waals surface area contributed by atoms with E-state index in [0.717, 1.165) is 38.9 Å². The molecule has 0 bridgehead atoms. The van der Waals surface area contributed by atoms with Gasteiger partial charge in [0, 0.05) is 23.3 Å². The van der Waals surface area contributed by atoms with E-state index in [1.807, 2.05) is 35.1 Å². The summed E-state index contributed by atoms with van der Waals surface area (Å²) in [6.07, 6.45) is 5.38. The highest BCUT2D eigenvalue weighted by Gasteiger charge is 2.16. The summed E-state index contributed by atoms with van der Waals surface area (Å²) < 4.78 is 1.86. The monoisotopic (exact) mass is 341 g/mol. The number of nitrogens with one attached hydrogen (secondary N) is 1. The van der Waals surface area contributed by atoms with Crippen LogP contribution in [0.15, 0.2) is 61.1 Å². The number of aromatic nitrogens is 7. The third kappa shape index (κ3) is 2.33. The van der Waals surface area contributed by atoms with E-state index in [2.05, 4.69) is 50.6 Å². The van der Waals surface area contributed by atoms with Gasteiger partial charge in [-0.25, -0.2) is 9.67 Å². The maximum absolute atomic E-state index is 4.75. The molecule has 7 heteroatoms. The van der Waals surface area contributed by atoms with Gasteiger partial charge in [0.1, 0.15) is 5.52 Å². The zero-order valence-corrected chi connectivity index (χ0v) is 14.0. The lowest BCUT2D eigenvalue weighted by Gasteiger charge is -2.13. The van der Waals surface area contributed by atoms with Gasteiger partial charge in [0.05, 0.1) is 23.4 Å². The van der Waals surface area contributed by atoms with Gasteiger partial charge in [-0.2, -0.15) is 5.10 Å². The van der Waals surface area contributed by atoms with Crippen molar-refractivity contribution >= 4 is 22.1 Å². The van der Waals surface area contributed by atoms with Gasteiger partial charge in [-0.15, -0.1) is 5.10 Å². The lowest BCUT2D eigenvalue weighted by atomic mass is 10.1. The highest BCUT2D eigenvalue weighted by Crippen LogP contribution is 2.25. The van der Waals surface area contributed by atoms with Crippen LogP contribution in [-0.2, 0) is 0 Å².